The number of benzene rings is 2. The largest absolute Gasteiger partial charge is 0.398 e. The number of imidazole rings is 1. The first-order valence-electron chi connectivity index (χ1n) is 8.80. The molecule has 2 N–H and O–H groups in total. The average Bonchev–Trinajstić information content (AvgIpc) is 2.99. The lowest BCUT2D eigenvalue weighted by Crippen LogP contribution is -2.38. The van der Waals surface area contributed by atoms with Gasteiger partial charge in [0.15, 0.2) is 0 Å². The first kappa shape index (κ1) is 22.4. The molecule has 150 valence electrons. The number of amides is 1. The van der Waals surface area contributed by atoms with E-state index < -0.39 is 0 Å². The summed E-state index contributed by atoms with van der Waals surface area (Å²) in [6, 6.07) is 13.8. The number of fused-ring (bicyclic) bond motifs is 2. The van der Waals surface area contributed by atoms with Crippen molar-refractivity contribution in [3.05, 3.63) is 53.9 Å². The predicted molar refractivity (Wildman–Crippen MR) is 123 cm³/mol. The fourth-order valence-electron chi connectivity index (χ4n) is 3.67. The zero-order valence-corrected chi connectivity index (χ0v) is 18.1. The number of nitrogens with two attached hydrogens (primary N) is 1. The summed E-state index contributed by atoms with van der Waals surface area (Å²) in [5.41, 5.74) is 10.9. The van der Waals surface area contributed by atoms with Gasteiger partial charge in [0.05, 0.1) is 16.8 Å². The highest BCUT2D eigenvalue weighted by molar-refractivity contribution is 7.97. The molecule has 1 aliphatic rings. The summed E-state index contributed by atoms with van der Waals surface area (Å²) in [5, 5.41) is 0. The topological polar surface area (TPSA) is 64.2 Å². The van der Waals surface area contributed by atoms with E-state index in [1.54, 1.807) is 11.8 Å². The minimum absolute atomic E-state index is 0. The quantitative estimate of drug-likeness (QED) is 0.616. The van der Waals surface area contributed by atoms with Crippen LogP contribution in [0.1, 0.15) is 17.8 Å². The number of rotatable bonds is 4. The normalized spacial score (nSPS) is 12.8. The SMILES string of the molecule is CSCc1nc2ccccc2n1CC(=O)N1CCCc2c(N)cccc21.Cl.Cl. The van der Waals surface area contributed by atoms with Gasteiger partial charge in [-0.2, -0.15) is 11.8 Å². The molecule has 3 aromatic rings. The molecule has 0 radical (unpaired) electrons. The van der Waals surface area contributed by atoms with E-state index in [9.17, 15) is 4.79 Å². The number of nitrogens with zero attached hydrogens (tertiary/aromatic N) is 3. The Morgan fingerprint density at radius 2 is 1.96 bits per heavy atom. The van der Waals surface area contributed by atoms with Gasteiger partial charge in [-0.25, -0.2) is 4.98 Å². The second-order valence-electron chi connectivity index (χ2n) is 6.53. The van der Waals surface area contributed by atoms with E-state index in [2.05, 4.69) is 10.8 Å². The van der Waals surface area contributed by atoms with Gasteiger partial charge < -0.3 is 15.2 Å². The number of anilines is 2. The monoisotopic (exact) mass is 438 g/mol. The van der Waals surface area contributed by atoms with E-state index in [4.69, 9.17) is 10.7 Å². The van der Waals surface area contributed by atoms with Crippen molar-refractivity contribution >= 4 is 64.9 Å². The minimum atomic E-state index is 0. The van der Waals surface area contributed by atoms with Gasteiger partial charge in [-0.15, -0.1) is 24.8 Å². The Morgan fingerprint density at radius 3 is 2.75 bits per heavy atom. The number of hydrogen-bond acceptors (Lipinski definition) is 4. The maximum Gasteiger partial charge on any atom is 0.246 e. The van der Waals surface area contributed by atoms with Gasteiger partial charge in [0.1, 0.15) is 12.4 Å². The number of carbonyl (C=O) groups excluding carboxylic acids is 1. The van der Waals surface area contributed by atoms with Gasteiger partial charge in [0, 0.05) is 17.9 Å². The summed E-state index contributed by atoms with van der Waals surface area (Å²) < 4.78 is 2.05. The summed E-state index contributed by atoms with van der Waals surface area (Å²) in [4.78, 5) is 19.8. The van der Waals surface area contributed by atoms with Crippen molar-refractivity contribution in [3.8, 4) is 0 Å². The highest BCUT2D eigenvalue weighted by Gasteiger charge is 2.25. The smallest absolute Gasteiger partial charge is 0.246 e. The Labute approximate surface area is 181 Å². The number of nitrogen functional groups attached to an aromatic ring is 1. The number of aromatic nitrogens is 2. The molecule has 1 aromatic heterocycles. The number of halogens is 2. The highest BCUT2D eigenvalue weighted by atomic mass is 35.5. The summed E-state index contributed by atoms with van der Waals surface area (Å²) in [5.74, 6) is 1.81. The molecule has 4 rings (SSSR count). The zero-order valence-electron chi connectivity index (χ0n) is 15.6. The summed E-state index contributed by atoms with van der Waals surface area (Å²) in [6.45, 7) is 1.03. The molecule has 0 atom stereocenters. The van der Waals surface area contributed by atoms with Crippen molar-refractivity contribution in [1.29, 1.82) is 0 Å². The lowest BCUT2D eigenvalue weighted by atomic mass is 10.00. The van der Waals surface area contributed by atoms with E-state index in [1.807, 2.05) is 47.4 Å². The van der Waals surface area contributed by atoms with Crippen LogP contribution in [-0.4, -0.2) is 28.3 Å². The second-order valence-corrected chi connectivity index (χ2v) is 7.40. The second kappa shape index (κ2) is 9.54. The van der Waals surface area contributed by atoms with Gasteiger partial charge in [-0.05, 0) is 48.9 Å². The van der Waals surface area contributed by atoms with Crippen LogP contribution in [0, 0.1) is 0 Å². The molecule has 0 saturated carbocycles. The molecule has 0 spiro atoms. The van der Waals surface area contributed by atoms with Crippen molar-refractivity contribution in [2.45, 2.75) is 25.1 Å². The number of thioether (sulfide) groups is 1. The van der Waals surface area contributed by atoms with Crippen molar-refractivity contribution < 1.29 is 4.79 Å². The molecular weight excluding hydrogens is 415 g/mol. The molecule has 0 saturated heterocycles. The fraction of sp³-hybridized carbons (Fsp3) is 0.300. The van der Waals surface area contributed by atoms with Gasteiger partial charge in [0.2, 0.25) is 5.91 Å². The van der Waals surface area contributed by atoms with Crippen LogP contribution in [0.2, 0.25) is 0 Å². The Balaban J connectivity index is 0.00000140. The molecule has 28 heavy (non-hydrogen) atoms. The summed E-state index contributed by atoms with van der Waals surface area (Å²) in [7, 11) is 0. The molecule has 0 unspecified atom stereocenters. The highest BCUT2D eigenvalue weighted by Crippen LogP contribution is 2.31. The van der Waals surface area contributed by atoms with E-state index in [0.717, 1.165) is 58.9 Å². The van der Waals surface area contributed by atoms with Crippen LogP contribution >= 0.6 is 36.6 Å². The van der Waals surface area contributed by atoms with E-state index >= 15 is 0 Å². The third-order valence-electron chi connectivity index (χ3n) is 4.89. The molecule has 0 aliphatic carbocycles. The number of carbonyl (C=O) groups is 1. The molecule has 0 bridgehead atoms. The molecule has 1 amide bonds. The Hall–Kier alpha value is -1.89. The average molecular weight is 439 g/mol. The Morgan fingerprint density at radius 1 is 1.18 bits per heavy atom. The summed E-state index contributed by atoms with van der Waals surface area (Å²) >= 11 is 1.71. The molecule has 1 aliphatic heterocycles. The first-order chi connectivity index (χ1) is 12.7. The standard InChI is InChI=1S/C20H22N4OS.2ClH/c1-26-13-19-22-16-8-2-3-9-18(16)24(19)12-20(25)23-11-5-6-14-15(21)7-4-10-17(14)23;;/h2-4,7-10H,5-6,11-13,21H2,1H3;2*1H. The van der Waals surface area contributed by atoms with Gasteiger partial charge in [-0.3, -0.25) is 4.79 Å². The lowest BCUT2D eigenvalue weighted by Gasteiger charge is -2.30. The molecule has 2 heterocycles. The molecule has 8 heteroatoms. The van der Waals surface area contributed by atoms with Crippen molar-refractivity contribution in [3.63, 3.8) is 0 Å². The van der Waals surface area contributed by atoms with Crippen LogP contribution in [0.4, 0.5) is 11.4 Å². The van der Waals surface area contributed by atoms with Crippen LogP contribution < -0.4 is 10.6 Å². The van der Waals surface area contributed by atoms with Crippen molar-refractivity contribution in [2.24, 2.45) is 0 Å². The Bertz CT molecular complexity index is 976. The van der Waals surface area contributed by atoms with Crippen molar-refractivity contribution in [1.82, 2.24) is 9.55 Å². The van der Waals surface area contributed by atoms with Crippen molar-refractivity contribution in [2.75, 3.05) is 23.4 Å². The third-order valence-corrected chi connectivity index (χ3v) is 5.44. The maximum absolute atomic E-state index is 13.2. The predicted octanol–water partition coefficient (Wildman–Crippen LogP) is 4.30. The fourth-order valence-corrected chi connectivity index (χ4v) is 4.15. The lowest BCUT2D eigenvalue weighted by molar-refractivity contribution is -0.119. The van der Waals surface area contributed by atoms with E-state index in [-0.39, 0.29) is 30.7 Å². The molecule has 0 fully saturated rings. The molecule has 2 aromatic carbocycles. The van der Waals surface area contributed by atoms with Gasteiger partial charge in [0.25, 0.3) is 0 Å². The van der Waals surface area contributed by atoms with Crippen LogP contribution in [0.3, 0.4) is 0 Å². The minimum Gasteiger partial charge on any atom is -0.398 e. The number of hydrogen-bond donors (Lipinski definition) is 1. The maximum atomic E-state index is 13.2. The zero-order chi connectivity index (χ0) is 18.1. The van der Waals surface area contributed by atoms with Crippen LogP contribution in [0.5, 0.6) is 0 Å². The molecular formula is C20H24Cl2N4OS. The first-order valence-corrected chi connectivity index (χ1v) is 10.2. The van der Waals surface area contributed by atoms with E-state index in [0.29, 0.717) is 6.54 Å². The molecule has 5 nitrogen and oxygen atoms in total. The van der Waals surface area contributed by atoms with Crippen LogP contribution in [-0.2, 0) is 23.5 Å². The van der Waals surface area contributed by atoms with Crippen LogP contribution in [0.25, 0.3) is 11.0 Å². The third kappa shape index (κ3) is 4.09. The van der Waals surface area contributed by atoms with Gasteiger partial charge >= 0.3 is 0 Å². The Kier molecular flexibility index (Phi) is 7.63. The van der Waals surface area contributed by atoms with Gasteiger partial charge in [-0.1, -0.05) is 18.2 Å². The number of para-hydroxylation sites is 2. The van der Waals surface area contributed by atoms with Crippen LogP contribution in [0.15, 0.2) is 42.5 Å². The van der Waals surface area contributed by atoms with E-state index in [1.165, 1.54) is 0 Å². The summed E-state index contributed by atoms with van der Waals surface area (Å²) in [6.07, 6.45) is 3.92.